The number of hydrogen-bond donors (Lipinski definition) is 1. The molecule has 0 bridgehead atoms. The SMILES string of the molecule is Cc1nn(-c2ccccc2)c(C)c1CNC(=O)[C@@H]1CCCN(C(=O)c2ccco2)C1. The van der Waals surface area contributed by atoms with Crippen LogP contribution in [0.15, 0.2) is 53.1 Å². The highest BCUT2D eigenvalue weighted by atomic mass is 16.3. The summed E-state index contributed by atoms with van der Waals surface area (Å²) in [6.07, 6.45) is 3.06. The largest absolute Gasteiger partial charge is 0.459 e. The van der Waals surface area contributed by atoms with Crippen molar-refractivity contribution in [1.29, 1.82) is 0 Å². The highest BCUT2D eigenvalue weighted by molar-refractivity contribution is 5.92. The molecule has 2 aromatic heterocycles. The lowest BCUT2D eigenvalue weighted by molar-refractivity contribution is -0.126. The molecular formula is C23H26N4O3. The van der Waals surface area contributed by atoms with E-state index in [1.807, 2.05) is 48.9 Å². The maximum Gasteiger partial charge on any atom is 0.289 e. The van der Waals surface area contributed by atoms with Crippen molar-refractivity contribution in [3.05, 3.63) is 71.4 Å². The van der Waals surface area contributed by atoms with Gasteiger partial charge in [0.25, 0.3) is 5.91 Å². The fourth-order valence-electron chi connectivity index (χ4n) is 4.00. The van der Waals surface area contributed by atoms with Crippen molar-refractivity contribution in [2.45, 2.75) is 33.2 Å². The minimum Gasteiger partial charge on any atom is -0.459 e. The minimum atomic E-state index is -0.220. The topological polar surface area (TPSA) is 80.4 Å². The zero-order valence-corrected chi connectivity index (χ0v) is 17.3. The molecule has 1 saturated heterocycles. The van der Waals surface area contributed by atoms with Crippen LogP contribution in [0.5, 0.6) is 0 Å². The van der Waals surface area contributed by atoms with Crippen molar-refractivity contribution in [3.63, 3.8) is 0 Å². The summed E-state index contributed by atoms with van der Waals surface area (Å²) in [7, 11) is 0. The number of rotatable bonds is 5. The summed E-state index contributed by atoms with van der Waals surface area (Å²) in [5, 5.41) is 7.69. The van der Waals surface area contributed by atoms with Crippen LogP contribution in [0.1, 0.15) is 40.3 Å². The molecule has 1 atom stereocenters. The van der Waals surface area contributed by atoms with E-state index in [1.54, 1.807) is 17.0 Å². The number of nitrogens with zero attached hydrogens (tertiary/aromatic N) is 3. The molecule has 0 aliphatic carbocycles. The molecule has 0 spiro atoms. The van der Waals surface area contributed by atoms with Gasteiger partial charge in [-0.05, 0) is 51.0 Å². The summed E-state index contributed by atoms with van der Waals surface area (Å²) >= 11 is 0. The van der Waals surface area contributed by atoms with Gasteiger partial charge in [-0.3, -0.25) is 9.59 Å². The summed E-state index contributed by atoms with van der Waals surface area (Å²) < 4.78 is 7.12. The van der Waals surface area contributed by atoms with Crippen LogP contribution >= 0.6 is 0 Å². The highest BCUT2D eigenvalue weighted by Gasteiger charge is 2.30. The van der Waals surface area contributed by atoms with Gasteiger partial charge < -0.3 is 14.6 Å². The maximum absolute atomic E-state index is 12.8. The van der Waals surface area contributed by atoms with E-state index in [0.29, 0.717) is 25.4 Å². The van der Waals surface area contributed by atoms with E-state index in [4.69, 9.17) is 4.42 Å². The number of nitrogens with one attached hydrogen (secondary N) is 1. The van der Waals surface area contributed by atoms with Gasteiger partial charge in [-0.15, -0.1) is 0 Å². The number of para-hydroxylation sites is 1. The predicted molar refractivity (Wildman–Crippen MR) is 112 cm³/mol. The van der Waals surface area contributed by atoms with E-state index in [0.717, 1.165) is 35.5 Å². The maximum atomic E-state index is 12.8. The lowest BCUT2D eigenvalue weighted by atomic mass is 9.96. The third-order valence-electron chi connectivity index (χ3n) is 5.69. The van der Waals surface area contributed by atoms with Crippen LogP contribution in [0, 0.1) is 19.8 Å². The summed E-state index contributed by atoms with van der Waals surface area (Å²) in [6, 6.07) is 13.3. The number of likely N-dealkylation sites (tertiary alicyclic amines) is 1. The molecule has 30 heavy (non-hydrogen) atoms. The van der Waals surface area contributed by atoms with Gasteiger partial charge in [0.2, 0.25) is 5.91 Å². The van der Waals surface area contributed by atoms with Gasteiger partial charge in [-0.1, -0.05) is 18.2 Å². The number of carbonyl (C=O) groups excluding carboxylic acids is 2. The zero-order valence-electron chi connectivity index (χ0n) is 17.3. The van der Waals surface area contributed by atoms with Crippen molar-refractivity contribution in [1.82, 2.24) is 20.0 Å². The third kappa shape index (κ3) is 4.01. The highest BCUT2D eigenvalue weighted by Crippen LogP contribution is 2.21. The molecular weight excluding hydrogens is 380 g/mol. The van der Waals surface area contributed by atoms with E-state index in [9.17, 15) is 9.59 Å². The molecule has 156 valence electrons. The second kappa shape index (κ2) is 8.57. The molecule has 3 aromatic rings. The van der Waals surface area contributed by atoms with Gasteiger partial charge >= 0.3 is 0 Å². The zero-order chi connectivity index (χ0) is 21.1. The van der Waals surface area contributed by atoms with Crippen LogP contribution in [-0.4, -0.2) is 39.6 Å². The van der Waals surface area contributed by atoms with E-state index < -0.39 is 0 Å². The van der Waals surface area contributed by atoms with E-state index in [2.05, 4.69) is 10.4 Å². The summed E-state index contributed by atoms with van der Waals surface area (Å²) in [5.74, 6) is -0.0930. The normalized spacial score (nSPS) is 16.5. The Morgan fingerprint density at radius 2 is 1.97 bits per heavy atom. The Kier molecular flexibility index (Phi) is 5.70. The summed E-state index contributed by atoms with van der Waals surface area (Å²) in [5.41, 5.74) is 3.92. The number of piperidine rings is 1. The molecule has 1 N–H and O–H groups in total. The first-order chi connectivity index (χ1) is 14.5. The molecule has 0 radical (unpaired) electrons. The second-order valence-corrected chi connectivity index (χ2v) is 7.68. The number of carbonyl (C=O) groups is 2. The molecule has 0 unspecified atom stereocenters. The van der Waals surface area contributed by atoms with Crippen molar-refractivity contribution < 1.29 is 14.0 Å². The Balaban J connectivity index is 1.40. The van der Waals surface area contributed by atoms with Crippen molar-refractivity contribution in [2.24, 2.45) is 5.92 Å². The number of hydrogen-bond acceptors (Lipinski definition) is 4. The second-order valence-electron chi connectivity index (χ2n) is 7.68. The fourth-order valence-corrected chi connectivity index (χ4v) is 4.00. The first-order valence-corrected chi connectivity index (χ1v) is 10.3. The summed E-state index contributed by atoms with van der Waals surface area (Å²) in [4.78, 5) is 27.1. The van der Waals surface area contributed by atoms with E-state index >= 15 is 0 Å². The minimum absolute atomic E-state index is 0.0294. The predicted octanol–water partition coefficient (Wildman–Crippen LogP) is 3.25. The molecule has 7 heteroatoms. The first-order valence-electron chi connectivity index (χ1n) is 10.3. The van der Waals surface area contributed by atoms with E-state index in [-0.39, 0.29) is 17.7 Å². The monoisotopic (exact) mass is 406 g/mol. The van der Waals surface area contributed by atoms with Crippen LogP contribution in [0.4, 0.5) is 0 Å². The Bertz CT molecular complexity index is 1020. The third-order valence-corrected chi connectivity index (χ3v) is 5.69. The number of benzene rings is 1. The van der Waals surface area contributed by atoms with E-state index in [1.165, 1.54) is 6.26 Å². The number of aromatic nitrogens is 2. The summed E-state index contributed by atoms with van der Waals surface area (Å²) in [6.45, 7) is 5.45. The van der Waals surface area contributed by atoms with Gasteiger partial charge in [0.15, 0.2) is 5.76 Å². The van der Waals surface area contributed by atoms with Crippen LogP contribution in [0.3, 0.4) is 0 Å². The molecule has 2 amide bonds. The quantitative estimate of drug-likeness (QED) is 0.705. The standard InChI is InChI=1S/C23H26N4O3/c1-16-20(17(2)27(25-16)19-9-4-3-5-10-19)14-24-22(28)18-8-6-12-26(15-18)23(29)21-11-7-13-30-21/h3-5,7,9-11,13,18H,6,8,12,14-15H2,1-2H3,(H,24,28)/t18-/m1/s1. The van der Waals surface area contributed by atoms with Crippen molar-refractivity contribution in [2.75, 3.05) is 13.1 Å². The van der Waals surface area contributed by atoms with Gasteiger partial charge in [0.05, 0.1) is 23.6 Å². The first kappa shape index (κ1) is 19.9. The molecule has 1 aromatic carbocycles. The lowest BCUT2D eigenvalue weighted by Gasteiger charge is -2.31. The molecule has 1 fully saturated rings. The molecule has 0 saturated carbocycles. The van der Waals surface area contributed by atoms with Crippen LogP contribution in [-0.2, 0) is 11.3 Å². The van der Waals surface area contributed by atoms with Crippen molar-refractivity contribution in [3.8, 4) is 5.69 Å². The van der Waals surface area contributed by atoms with Gasteiger partial charge in [-0.2, -0.15) is 5.10 Å². The number of furan rings is 1. The van der Waals surface area contributed by atoms with Crippen LogP contribution < -0.4 is 5.32 Å². The Morgan fingerprint density at radius 3 is 2.70 bits per heavy atom. The molecule has 7 nitrogen and oxygen atoms in total. The average molecular weight is 406 g/mol. The Labute approximate surface area is 175 Å². The van der Waals surface area contributed by atoms with Gasteiger partial charge in [-0.25, -0.2) is 4.68 Å². The molecule has 3 heterocycles. The van der Waals surface area contributed by atoms with Crippen LogP contribution in [0.25, 0.3) is 5.69 Å². The number of amides is 2. The Morgan fingerprint density at radius 1 is 1.17 bits per heavy atom. The van der Waals surface area contributed by atoms with Crippen LogP contribution in [0.2, 0.25) is 0 Å². The van der Waals surface area contributed by atoms with Gasteiger partial charge in [0, 0.05) is 30.9 Å². The van der Waals surface area contributed by atoms with Gasteiger partial charge in [0.1, 0.15) is 0 Å². The average Bonchev–Trinajstić information content (AvgIpc) is 3.41. The Hall–Kier alpha value is -3.35. The fraction of sp³-hybridized carbons (Fsp3) is 0.348. The number of aryl methyl sites for hydroxylation is 1. The lowest BCUT2D eigenvalue weighted by Crippen LogP contribution is -2.45. The molecule has 4 rings (SSSR count). The molecule has 1 aliphatic rings. The smallest absolute Gasteiger partial charge is 0.289 e. The molecule has 1 aliphatic heterocycles. The van der Waals surface area contributed by atoms with Crippen molar-refractivity contribution >= 4 is 11.8 Å².